The largest absolute Gasteiger partial charge is 0.372 e. The van der Waals surface area contributed by atoms with E-state index in [1.54, 1.807) is 0 Å². The minimum Gasteiger partial charge on any atom is -0.372 e. The molecule has 2 unspecified atom stereocenters. The third-order valence-electron chi connectivity index (χ3n) is 5.31. The Labute approximate surface area is 105 Å². The first-order valence-corrected chi connectivity index (χ1v) is 7.47. The van der Waals surface area contributed by atoms with Crippen LogP contribution in [0.1, 0.15) is 58.8 Å². The van der Waals surface area contributed by atoms with Crippen LogP contribution < -0.4 is 5.32 Å². The Morgan fingerprint density at radius 3 is 2.65 bits per heavy atom. The molecule has 1 aliphatic heterocycles. The second-order valence-corrected chi connectivity index (χ2v) is 7.29. The molecule has 1 heterocycles. The van der Waals surface area contributed by atoms with Crippen LogP contribution in [0.3, 0.4) is 0 Å². The van der Waals surface area contributed by atoms with Gasteiger partial charge in [-0.1, -0.05) is 33.1 Å². The van der Waals surface area contributed by atoms with Crippen molar-refractivity contribution < 1.29 is 4.74 Å². The molecule has 2 aliphatic carbocycles. The molecule has 2 nitrogen and oxygen atoms in total. The summed E-state index contributed by atoms with van der Waals surface area (Å²) in [7, 11) is 0. The minimum atomic E-state index is 0.178. The molecule has 3 aliphatic rings. The van der Waals surface area contributed by atoms with Crippen molar-refractivity contribution in [1.82, 2.24) is 5.32 Å². The molecule has 17 heavy (non-hydrogen) atoms. The summed E-state index contributed by atoms with van der Waals surface area (Å²) in [6, 6.07) is 0.628. The maximum absolute atomic E-state index is 6.28. The molecule has 98 valence electrons. The van der Waals surface area contributed by atoms with Gasteiger partial charge in [0.25, 0.3) is 0 Å². The zero-order valence-corrected chi connectivity index (χ0v) is 11.4. The highest BCUT2D eigenvalue weighted by atomic mass is 16.5. The predicted octanol–water partition coefficient (Wildman–Crippen LogP) is 3.11. The summed E-state index contributed by atoms with van der Waals surface area (Å²) in [6.07, 6.45) is 9.58. The van der Waals surface area contributed by atoms with E-state index >= 15 is 0 Å². The molecule has 0 aromatic rings. The molecule has 0 bridgehead atoms. The summed E-state index contributed by atoms with van der Waals surface area (Å²) in [5.74, 6) is 0.981. The van der Waals surface area contributed by atoms with E-state index in [1.807, 2.05) is 0 Å². The van der Waals surface area contributed by atoms with Gasteiger partial charge in [0.2, 0.25) is 0 Å². The maximum atomic E-state index is 6.28. The van der Waals surface area contributed by atoms with Gasteiger partial charge in [-0.3, -0.25) is 0 Å². The highest BCUT2D eigenvalue weighted by Crippen LogP contribution is 2.49. The first kappa shape index (κ1) is 12.0. The molecule has 1 N–H and O–H groups in total. The molecule has 3 fully saturated rings. The van der Waals surface area contributed by atoms with Gasteiger partial charge in [-0.25, -0.2) is 0 Å². The van der Waals surface area contributed by atoms with Gasteiger partial charge in [-0.05, 0) is 37.0 Å². The zero-order valence-electron chi connectivity index (χ0n) is 11.4. The molecule has 2 saturated carbocycles. The van der Waals surface area contributed by atoms with Gasteiger partial charge in [-0.15, -0.1) is 0 Å². The molecule has 0 aromatic carbocycles. The summed E-state index contributed by atoms with van der Waals surface area (Å²) in [4.78, 5) is 0. The van der Waals surface area contributed by atoms with Crippen molar-refractivity contribution in [2.75, 3.05) is 13.2 Å². The van der Waals surface area contributed by atoms with E-state index in [2.05, 4.69) is 19.2 Å². The lowest BCUT2D eigenvalue weighted by molar-refractivity contribution is -0.104. The average molecular weight is 237 g/mol. The van der Waals surface area contributed by atoms with E-state index in [0.717, 1.165) is 19.1 Å². The zero-order chi connectivity index (χ0) is 11.9. The Balaban J connectivity index is 1.70. The first-order chi connectivity index (χ1) is 8.10. The van der Waals surface area contributed by atoms with Gasteiger partial charge in [0.05, 0.1) is 12.2 Å². The fourth-order valence-corrected chi connectivity index (χ4v) is 4.09. The number of morpholine rings is 1. The van der Waals surface area contributed by atoms with Crippen LogP contribution >= 0.6 is 0 Å². The van der Waals surface area contributed by atoms with E-state index in [4.69, 9.17) is 4.74 Å². The third kappa shape index (κ3) is 2.26. The van der Waals surface area contributed by atoms with Crippen LogP contribution in [-0.2, 0) is 4.74 Å². The Morgan fingerprint density at radius 1 is 1.24 bits per heavy atom. The molecule has 0 radical (unpaired) electrons. The molecular formula is C15H27NO. The molecule has 3 rings (SSSR count). The lowest BCUT2D eigenvalue weighted by Crippen LogP contribution is -2.57. The number of hydrogen-bond donors (Lipinski definition) is 1. The third-order valence-corrected chi connectivity index (χ3v) is 5.31. The van der Waals surface area contributed by atoms with Crippen molar-refractivity contribution in [1.29, 1.82) is 0 Å². The van der Waals surface area contributed by atoms with E-state index in [-0.39, 0.29) is 5.60 Å². The van der Waals surface area contributed by atoms with Gasteiger partial charge in [-0.2, -0.15) is 0 Å². The average Bonchev–Trinajstić information content (AvgIpc) is 2.51. The molecule has 1 spiro atoms. The van der Waals surface area contributed by atoms with Gasteiger partial charge in [0.1, 0.15) is 0 Å². The molecule has 0 aromatic heterocycles. The second-order valence-electron chi connectivity index (χ2n) is 7.29. The molecule has 2 heteroatoms. The van der Waals surface area contributed by atoms with E-state index in [9.17, 15) is 0 Å². The summed E-state index contributed by atoms with van der Waals surface area (Å²) in [5, 5.41) is 3.76. The smallest absolute Gasteiger partial charge is 0.0840 e. The fourth-order valence-electron chi connectivity index (χ4n) is 4.09. The topological polar surface area (TPSA) is 21.3 Å². The van der Waals surface area contributed by atoms with Crippen molar-refractivity contribution in [3.63, 3.8) is 0 Å². The Morgan fingerprint density at radius 2 is 2.06 bits per heavy atom. The number of hydrogen-bond acceptors (Lipinski definition) is 2. The quantitative estimate of drug-likeness (QED) is 0.797. The lowest BCUT2D eigenvalue weighted by atomic mass is 9.75. The highest BCUT2D eigenvalue weighted by Gasteiger charge is 2.50. The summed E-state index contributed by atoms with van der Waals surface area (Å²) in [5.41, 5.74) is 0.661. The van der Waals surface area contributed by atoms with Crippen LogP contribution in [0.25, 0.3) is 0 Å². The van der Waals surface area contributed by atoms with Crippen molar-refractivity contribution in [3.8, 4) is 0 Å². The van der Waals surface area contributed by atoms with Crippen molar-refractivity contribution >= 4 is 0 Å². The van der Waals surface area contributed by atoms with Crippen molar-refractivity contribution in [3.05, 3.63) is 0 Å². The first-order valence-electron chi connectivity index (χ1n) is 7.47. The summed E-state index contributed by atoms with van der Waals surface area (Å²) >= 11 is 0. The summed E-state index contributed by atoms with van der Waals surface area (Å²) in [6.45, 7) is 6.77. The Hall–Kier alpha value is -0.0800. The van der Waals surface area contributed by atoms with Crippen molar-refractivity contribution in [2.45, 2.75) is 70.4 Å². The van der Waals surface area contributed by atoms with Gasteiger partial charge in [0.15, 0.2) is 0 Å². The van der Waals surface area contributed by atoms with E-state index in [1.165, 1.54) is 44.9 Å². The normalized spacial score (nSPS) is 41.6. The minimum absolute atomic E-state index is 0.178. The monoisotopic (exact) mass is 237 g/mol. The van der Waals surface area contributed by atoms with E-state index in [0.29, 0.717) is 11.5 Å². The Bertz CT molecular complexity index is 285. The standard InChI is InChI=1S/C15H27NO/c1-14(2)6-7-15(11-14)13(16-8-9-17-15)10-12-4-3-5-12/h12-13,16H,3-11H2,1-2H3. The SMILES string of the molecule is CC1(C)CCC2(C1)OCCNC2CC1CCC1. The summed E-state index contributed by atoms with van der Waals surface area (Å²) < 4.78 is 6.28. The van der Waals surface area contributed by atoms with Crippen LogP contribution in [-0.4, -0.2) is 24.8 Å². The lowest BCUT2D eigenvalue weighted by Gasteiger charge is -2.45. The molecular weight excluding hydrogens is 210 g/mol. The van der Waals surface area contributed by atoms with E-state index < -0.39 is 0 Å². The van der Waals surface area contributed by atoms with Crippen molar-refractivity contribution in [2.24, 2.45) is 11.3 Å². The van der Waals surface area contributed by atoms with Crippen LogP contribution in [0.4, 0.5) is 0 Å². The maximum Gasteiger partial charge on any atom is 0.0840 e. The van der Waals surface area contributed by atoms with Crippen LogP contribution in [0.15, 0.2) is 0 Å². The number of rotatable bonds is 2. The number of ether oxygens (including phenoxy) is 1. The van der Waals surface area contributed by atoms with Crippen LogP contribution in [0.5, 0.6) is 0 Å². The molecule has 2 atom stereocenters. The molecule has 1 saturated heterocycles. The van der Waals surface area contributed by atoms with Gasteiger partial charge >= 0.3 is 0 Å². The van der Waals surface area contributed by atoms with Gasteiger partial charge in [0, 0.05) is 12.6 Å². The van der Waals surface area contributed by atoms with Crippen LogP contribution in [0.2, 0.25) is 0 Å². The second kappa shape index (κ2) is 4.24. The highest BCUT2D eigenvalue weighted by molar-refractivity contribution is 5.05. The van der Waals surface area contributed by atoms with Crippen LogP contribution in [0, 0.1) is 11.3 Å². The fraction of sp³-hybridized carbons (Fsp3) is 1.00. The predicted molar refractivity (Wildman–Crippen MR) is 70.1 cm³/mol. The van der Waals surface area contributed by atoms with Gasteiger partial charge < -0.3 is 10.1 Å². The Kier molecular flexibility index (Phi) is 2.99. The number of nitrogens with one attached hydrogen (secondary N) is 1. The molecule has 0 amide bonds.